The molecule has 24 heavy (non-hydrogen) atoms. The van der Waals surface area contributed by atoms with Gasteiger partial charge in [0, 0.05) is 30.4 Å². The molecule has 0 radical (unpaired) electrons. The SMILES string of the molecule is CS(=O)(=O)c1ccc(C2(NC(=O)Cc3cncs3)CCOC2)cc1. The van der Waals surface area contributed by atoms with Crippen molar-refractivity contribution in [2.24, 2.45) is 0 Å². The maximum absolute atomic E-state index is 12.4. The Balaban J connectivity index is 1.81. The first-order valence-corrected chi connectivity index (χ1v) is 10.2. The highest BCUT2D eigenvalue weighted by atomic mass is 32.2. The molecule has 1 atom stereocenters. The summed E-state index contributed by atoms with van der Waals surface area (Å²) in [4.78, 5) is 17.5. The molecule has 1 unspecified atom stereocenters. The van der Waals surface area contributed by atoms with Crippen molar-refractivity contribution in [2.45, 2.75) is 23.3 Å². The lowest BCUT2D eigenvalue weighted by Crippen LogP contribution is -2.47. The summed E-state index contributed by atoms with van der Waals surface area (Å²) >= 11 is 1.44. The Morgan fingerprint density at radius 1 is 1.38 bits per heavy atom. The van der Waals surface area contributed by atoms with Crippen molar-refractivity contribution in [3.05, 3.63) is 46.4 Å². The van der Waals surface area contributed by atoms with Gasteiger partial charge in [-0.3, -0.25) is 9.78 Å². The average Bonchev–Trinajstić information content (AvgIpc) is 3.19. The molecule has 1 N–H and O–H groups in total. The topological polar surface area (TPSA) is 85.4 Å². The molecule has 1 aliphatic heterocycles. The van der Waals surface area contributed by atoms with Crippen molar-refractivity contribution in [2.75, 3.05) is 19.5 Å². The molecule has 2 heterocycles. The van der Waals surface area contributed by atoms with Gasteiger partial charge in [-0.2, -0.15) is 0 Å². The molecule has 1 aromatic heterocycles. The van der Waals surface area contributed by atoms with Gasteiger partial charge in [0.1, 0.15) is 0 Å². The minimum atomic E-state index is -3.24. The van der Waals surface area contributed by atoms with Gasteiger partial charge in [-0.05, 0) is 17.7 Å². The van der Waals surface area contributed by atoms with Crippen LogP contribution in [0.2, 0.25) is 0 Å². The van der Waals surface area contributed by atoms with Crippen LogP contribution in [0.15, 0.2) is 40.9 Å². The average molecular weight is 366 g/mol. The van der Waals surface area contributed by atoms with Crippen molar-refractivity contribution in [3.8, 4) is 0 Å². The van der Waals surface area contributed by atoms with E-state index >= 15 is 0 Å². The first-order valence-electron chi connectivity index (χ1n) is 7.46. The van der Waals surface area contributed by atoms with Crippen LogP contribution >= 0.6 is 11.3 Å². The Bertz CT molecular complexity index is 808. The van der Waals surface area contributed by atoms with E-state index in [1.165, 1.54) is 17.6 Å². The molecule has 8 heteroatoms. The van der Waals surface area contributed by atoms with Gasteiger partial charge in [0.25, 0.3) is 0 Å². The third-order valence-electron chi connectivity index (χ3n) is 4.05. The molecule has 0 saturated carbocycles. The maximum atomic E-state index is 12.4. The Morgan fingerprint density at radius 3 is 2.67 bits per heavy atom. The second-order valence-electron chi connectivity index (χ2n) is 5.87. The van der Waals surface area contributed by atoms with E-state index in [1.807, 2.05) is 0 Å². The molecule has 1 aromatic carbocycles. The van der Waals surface area contributed by atoms with Crippen LogP contribution in [0.4, 0.5) is 0 Å². The lowest BCUT2D eigenvalue weighted by Gasteiger charge is -2.29. The number of nitrogens with zero attached hydrogens (tertiary/aromatic N) is 1. The number of hydrogen-bond acceptors (Lipinski definition) is 6. The summed E-state index contributed by atoms with van der Waals surface area (Å²) in [6.07, 6.45) is 3.78. The summed E-state index contributed by atoms with van der Waals surface area (Å²) in [5.41, 5.74) is 1.93. The van der Waals surface area contributed by atoms with Crippen molar-refractivity contribution >= 4 is 27.1 Å². The van der Waals surface area contributed by atoms with Crippen LogP contribution in [0.1, 0.15) is 16.9 Å². The van der Waals surface area contributed by atoms with E-state index in [2.05, 4.69) is 10.3 Å². The number of hydrogen-bond donors (Lipinski definition) is 1. The van der Waals surface area contributed by atoms with Crippen molar-refractivity contribution in [1.82, 2.24) is 10.3 Å². The Morgan fingerprint density at radius 2 is 2.12 bits per heavy atom. The van der Waals surface area contributed by atoms with Crippen molar-refractivity contribution in [3.63, 3.8) is 0 Å². The molecule has 1 amide bonds. The Kier molecular flexibility index (Phi) is 4.71. The summed E-state index contributed by atoms with van der Waals surface area (Å²) < 4.78 is 28.7. The summed E-state index contributed by atoms with van der Waals surface area (Å²) in [5, 5.41) is 3.07. The number of aromatic nitrogens is 1. The van der Waals surface area contributed by atoms with Gasteiger partial charge in [0.15, 0.2) is 9.84 Å². The molecule has 2 aromatic rings. The highest BCUT2D eigenvalue weighted by molar-refractivity contribution is 7.90. The van der Waals surface area contributed by atoms with Crippen molar-refractivity contribution < 1.29 is 17.9 Å². The quantitative estimate of drug-likeness (QED) is 0.867. The first kappa shape index (κ1) is 17.1. The monoisotopic (exact) mass is 366 g/mol. The molecule has 0 bridgehead atoms. The second kappa shape index (κ2) is 6.62. The van der Waals surface area contributed by atoms with E-state index in [-0.39, 0.29) is 17.2 Å². The zero-order valence-corrected chi connectivity index (χ0v) is 14.8. The fourth-order valence-corrected chi connectivity index (χ4v) is 4.01. The van der Waals surface area contributed by atoms with Gasteiger partial charge in [-0.25, -0.2) is 8.42 Å². The molecule has 0 aliphatic carbocycles. The lowest BCUT2D eigenvalue weighted by atomic mass is 9.89. The van der Waals surface area contributed by atoms with E-state index in [4.69, 9.17) is 4.74 Å². The van der Waals surface area contributed by atoms with Crippen molar-refractivity contribution in [1.29, 1.82) is 0 Å². The number of benzene rings is 1. The number of nitrogens with one attached hydrogen (secondary N) is 1. The normalized spacial score (nSPS) is 20.9. The summed E-state index contributed by atoms with van der Waals surface area (Å²) in [6, 6.07) is 6.64. The van der Waals surface area contributed by atoms with Crippen LogP contribution in [0.25, 0.3) is 0 Å². The molecule has 3 rings (SSSR count). The number of carbonyl (C=O) groups is 1. The highest BCUT2D eigenvalue weighted by Gasteiger charge is 2.38. The number of ether oxygens (including phenoxy) is 1. The standard InChI is InChI=1S/C16H18N2O4S2/c1-24(20,21)14-4-2-12(3-5-14)16(6-7-22-10-16)18-15(19)8-13-9-17-11-23-13/h2-5,9,11H,6-8,10H2,1H3,(H,18,19). The van der Waals surface area contributed by atoms with Gasteiger partial charge in [-0.15, -0.1) is 11.3 Å². The van der Waals surface area contributed by atoms with Crippen LogP contribution in [0.5, 0.6) is 0 Å². The fourth-order valence-electron chi connectivity index (χ4n) is 2.78. The minimum absolute atomic E-state index is 0.100. The predicted molar refractivity (Wildman–Crippen MR) is 90.6 cm³/mol. The van der Waals surface area contributed by atoms with Gasteiger partial charge < -0.3 is 10.1 Å². The van der Waals surface area contributed by atoms with Gasteiger partial charge in [-0.1, -0.05) is 12.1 Å². The summed E-state index contributed by atoms with van der Waals surface area (Å²) in [5.74, 6) is -0.100. The predicted octanol–water partition coefficient (Wildman–Crippen LogP) is 1.52. The number of rotatable bonds is 5. The third-order valence-corrected chi connectivity index (χ3v) is 5.96. The summed E-state index contributed by atoms with van der Waals surface area (Å²) in [6.45, 7) is 0.925. The van der Waals surface area contributed by atoms with Crippen LogP contribution < -0.4 is 5.32 Å². The van der Waals surface area contributed by atoms with Crippen LogP contribution in [-0.4, -0.2) is 38.8 Å². The molecule has 6 nitrogen and oxygen atoms in total. The molecule has 1 aliphatic rings. The molecule has 1 saturated heterocycles. The number of thiazole rings is 1. The fraction of sp³-hybridized carbons (Fsp3) is 0.375. The van der Waals surface area contributed by atoms with Crippen LogP contribution in [0, 0.1) is 0 Å². The third kappa shape index (κ3) is 3.66. The van der Waals surface area contributed by atoms with Gasteiger partial charge in [0.05, 0.1) is 29.0 Å². The van der Waals surface area contributed by atoms with Gasteiger partial charge >= 0.3 is 0 Å². The zero-order valence-electron chi connectivity index (χ0n) is 13.2. The number of sulfone groups is 1. The molecule has 1 fully saturated rings. The second-order valence-corrected chi connectivity index (χ2v) is 8.86. The lowest BCUT2D eigenvalue weighted by molar-refractivity contribution is -0.122. The molecule has 0 spiro atoms. The number of amides is 1. The smallest absolute Gasteiger partial charge is 0.226 e. The highest BCUT2D eigenvalue weighted by Crippen LogP contribution is 2.31. The van der Waals surface area contributed by atoms with E-state index in [9.17, 15) is 13.2 Å². The molecule has 128 valence electrons. The first-order chi connectivity index (χ1) is 11.4. The zero-order chi connectivity index (χ0) is 17.2. The van der Waals surface area contributed by atoms with E-state index in [1.54, 1.807) is 36.0 Å². The van der Waals surface area contributed by atoms with E-state index in [0.717, 1.165) is 10.4 Å². The van der Waals surface area contributed by atoms with Crippen LogP contribution in [-0.2, 0) is 31.3 Å². The molecular weight excluding hydrogens is 348 g/mol. The van der Waals surface area contributed by atoms with Crippen LogP contribution in [0.3, 0.4) is 0 Å². The Labute approximate surface area is 144 Å². The summed E-state index contributed by atoms with van der Waals surface area (Å²) in [7, 11) is -3.24. The van der Waals surface area contributed by atoms with E-state index < -0.39 is 15.4 Å². The largest absolute Gasteiger partial charge is 0.379 e. The minimum Gasteiger partial charge on any atom is -0.379 e. The van der Waals surface area contributed by atoms with E-state index in [0.29, 0.717) is 19.6 Å². The van der Waals surface area contributed by atoms with Gasteiger partial charge in [0.2, 0.25) is 5.91 Å². The number of carbonyl (C=O) groups excluding carboxylic acids is 1. The maximum Gasteiger partial charge on any atom is 0.226 e. The Hall–Kier alpha value is -1.77. The molecular formula is C16H18N2O4S2.